The zero-order valence-electron chi connectivity index (χ0n) is 12.3. The predicted octanol–water partition coefficient (Wildman–Crippen LogP) is 4.64. The fourth-order valence-corrected chi connectivity index (χ4v) is 2.83. The fourth-order valence-electron chi connectivity index (χ4n) is 2.83. The largest absolute Gasteiger partial charge is 0.381 e. The number of ether oxygens (including phenoxy) is 1. The van der Waals surface area contributed by atoms with Gasteiger partial charge in [0.05, 0.1) is 6.10 Å². The van der Waals surface area contributed by atoms with Crippen LogP contribution in [0, 0.1) is 0 Å². The van der Waals surface area contributed by atoms with E-state index in [4.69, 9.17) is 4.74 Å². The summed E-state index contributed by atoms with van der Waals surface area (Å²) in [5.74, 6) is 0. The van der Waals surface area contributed by atoms with Gasteiger partial charge in [-0.05, 0) is 34.7 Å². The van der Waals surface area contributed by atoms with E-state index in [9.17, 15) is 0 Å². The summed E-state index contributed by atoms with van der Waals surface area (Å²) in [6.07, 6.45) is 2.09. The fraction of sp³-hybridized carbons (Fsp3) is 0.200. The lowest BCUT2D eigenvalue weighted by molar-refractivity contribution is 0.103. The van der Waals surface area contributed by atoms with Gasteiger partial charge in [-0.3, -0.25) is 0 Å². The molecule has 0 spiro atoms. The summed E-state index contributed by atoms with van der Waals surface area (Å²) < 4.78 is 5.71. The lowest BCUT2D eigenvalue weighted by Crippen LogP contribution is -2.17. The van der Waals surface area contributed by atoms with Gasteiger partial charge in [0.1, 0.15) is 0 Å². The van der Waals surface area contributed by atoms with Crippen LogP contribution in [0.3, 0.4) is 0 Å². The lowest BCUT2D eigenvalue weighted by Gasteiger charge is -2.17. The van der Waals surface area contributed by atoms with Crippen molar-refractivity contribution in [1.82, 2.24) is 0 Å². The van der Waals surface area contributed by atoms with Gasteiger partial charge in [0.2, 0.25) is 0 Å². The van der Waals surface area contributed by atoms with Crippen LogP contribution < -0.4 is 0 Å². The van der Waals surface area contributed by atoms with E-state index in [1.54, 1.807) is 7.11 Å². The molecule has 0 saturated heterocycles. The average molecular weight is 276 g/mol. The molecule has 0 bridgehead atoms. The van der Waals surface area contributed by atoms with Gasteiger partial charge in [0, 0.05) is 7.11 Å². The molecule has 3 aromatic rings. The molecule has 0 aromatic heterocycles. The highest BCUT2D eigenvalue weighted by Gasteiger charge is 2.11. The van der Waals surface area contributed by atoms with E-state index < -0.39 is 0 Å². The third kappa shape index (κ3) is 3.32. The average Bonchev–Trinajstić information content (AvgIpc) is 2.55. The first-order chi connectivity index (χ1) is 10.4. The SMILES string of the molecule is COC(Cc1ccccc1)Cc1cccc2ccccc12. The Balaban J connectivity index is 1.82. The lowest BCUT2D eigenvalue weighted by atomic mass is 9.97. The van der Waals surface area contributed by atoms with Gasteiger partial charge in [-0.1, -0.05) is 72.8 Å². The molecule has 3 aromatic carbocycles. The highest BCUT2D eigenvalue weighted by molar-refractivity contribution is 5.85. The molecule has 0 aliphatic carbocycles. The van der Waals surface area contributed by atoms with Gasteiger partial charge >= 0.3 is 0 Å². The number of fused-ring (bicyclic) bond motifs is 1. The second kappa shape index (κ2) is 6.55. The Hall–Kier alpha value is -2.12. The molecule has 1 atom stereocenters. The van der Waals surface area contributed by atoms with E-state index in [0.29, 0.717) is 0 Å². The number of hydrogen-bond acceptors (Lipinski definition) is 1. The maximum absolute atomic E-state index is 5.71. The molecule has 0 aliphatic rings. The van der Waals surface area contributed by atoms with Crippen molar-refractivity contribution in [2.24, 2.45) is 0 Å². The first kappa shape index (κ1) is 13.8. The summed E-state index contributed by atoms with van der Waals surface area (Å²) in [7, 11) is 1.80. The van der Waals surface area contributed by atoms with Crippen molar-refractivity contribution in [3.05, 3.63) is 83.9 Å². The summed E-state index contributed by atoms with van der Waals surface area (Å²) >= 11 is 0. The molecule has 0 amide bonds. The number of rotatable bonds is 5. The van der Waals surface area contributed by atoms with Crippen molar-refractivity contribution >= 4 is 10.8 Å². The van der Waals surface area contributed by atoms with Gasteiger partial charge in [0.25, 0.3) is 0 Å². The highest BCUT2D eigenvalue weighted by Crippen LogP contribution is 2.21. The van der Waals surface area contributed by atoms with Gasteiger partial charge in [0.15, 0.2) is 0 Å². The Labute approximate surface area is 126 Å². The molecule has 0 saturated carbocycles. The van der Waals surface area contributed by atoms with E-state index >= 15 is 0 Å². The molecule has 0 aliphatic heterocycles. The van der Waals surface area contributed by atoms with E-state index in [-0.39, 0.29) is 6.10 Å². The molecule has 106 valence electrons. The monoisotopic (exact) mass is 276 g/mol. The first-order valence-electron chi connectivity index (χ1n) is 7.40. The Morgan fingerprint density at radius 3 is 2.29 bits per heavy atom. The molecule has 0 heterocycles. The van der Waals surface area contributed by atoms with Crippen molar-refractivity contribution < 1.29 is 4.74 Å². The Morgan fingerprint density at radius 2 is 1.48 bits per heavy atom. The molecule has 1 heteroatoms. The quantitative estimate of drug-likeness (QED) is 0.659. The smallest absolute Gasteiger partial charge is 0.0652 e. The van der Waals surface area contributed by atoms with Gasteiger partial charge in [-0.2, -0.15) is 0 Å². The van der Waals surface area contributed by atoms with Crippen LogP contribution in [-0.2, 0) is 17.6 Å². The topological polar surface area (TPSA) is 9.23 Å². The number of hydrogen-bond donors (Lipinski definition) is 0. The van der Waals surface area contributed by atoms with Crippen LogP contribution in [0.4, 0.5) is 0 Å². The zero-order valence-corrected chi connectivity index (χ0v) is 12.3. The van der Waals surface area contributed by atoms with Gasteiger partial charge in [-0.15, -0.1) is 0 Å². The minimum atomic E-state index is 0.207. The summed E-state index contributed by atoms with van der Waals surface area (Å²) in [5.41, 5.74) is 2.68. The summed E-state index contributed by atoms with van der Waals surface area (Å²) in [6.45, 7) is 0. The van der Waals surface area contributed by atoms with Crippen LogP contribution in [0.15, 0.2) is 72.8 Å². The number of benzene rings is 3. The minimum Gasteiger partial charge on any atom is -0.381 e. The Bertz CT molecular complexity index is 698. The Morgan fingerprint density at radius 1 is 0.762 bits per heavy atom. The van der Waals surface area contributed by atoms with Gasteiger partial charge < -0.3 is 4.74 Å². The number of methoxy groups -OCH3 is 1. The second-order valence-corrected chi connectivity index (χ2v) is 5.39. The maximum atomic E-state index is 5.71. The standard InChI is InChI=1S/C20H20O/c1-21-19(14-16-8-3-2-4-9-16)15-18-12-7-11-17-10-5-6-13-20(17)18/h2-13,19H,14-15H2,1H3. The van der Waals surface area contributed by atoms with Crippen LogP contribution in [0.25, 0.3) is 10.8 Å². The molecule has 3 rings (SSSR count). The van der Waals surface area contributed by atoms with Crippen molar-refractivity contribution in [3.63, 3.8) is 0 Å². The molecule has 0 fully saturated rings. The first-order valence-corrected chi connectivity index (χ1v) is 7.40. The van der Waals surface area contributed by atoms with Crippen LogP contribution in [0.2, 0.25) is 0 Å². The second-order valence-electron chi connectivity index (χ2n) is 5.39. The van der Waals surface area contributed by atoms with Crippen LogP contribution in [-0.4, -0.2) is 13.2 Å². The zero-order chi connectivity index (χ0) is 14.5. The van der Waals surface area contributed by atoms with Crippen molar-refractivity contribution in [3.8, 4) is 0 Å². The predicted molar refractivity (Wildman–Crippen MR) is 88.6 cm³/mol. The van der Waals surface area contributed by atoms with Crippen molar-refractivity contribution in [2.45, 2.75) is 18.9 Å². The molecule has 0 radical (unpaired) electrons. The summed E-state index contributed by atoms with van der Waals surface area (Å²) in [5, 5.41) is 2.62. The maximum Gasteiger partial charge on any atom is 0.0652 e. The minimum absolute atomic E-state index is 0.207. The van der Waals surface area contributed by atoms with Crippen molar-refractivity contribution in [2.75, 3.05) is 7.11 Å². The Kier molecular flexibility index (Phi) is 4.32. The third-order valence-corrected chi connectivity index (χ3v) is 3.97. The van der Waals surface area contributed by atoms with Crippen LogP contribution in [0.5, 0.6) is 0 Å². The van der Waals surface area contributed by atoms with E-state index in [2.05, 4.69) is 72.8 Å². The third-order valence-electron chi connectivity index (χ3n) is 3.97. The molecular weight excluding hydrogens is 256 g/mol. The summed E-state index contributed by atoms with van der Waals surface area (Å²) in [6, 6.07) is 25.6. The highest BCUT2D eigenvalue weighted by atomic mass is 16.5. The van der Waals surface area contributed by atoms with Gasteiger partial charge in [-0.25, -0.2) is 0 Å². The summed E-state index contributed by atoms with van der Waals surface area (Å²) in [4.78, 5) is 0. The molecule has 0 N–H and O–H groups in total. The van der Waals surface area contributed by atoms with E-state index in [1.807, 2.05) is 0 Å². The normalized spacial score (nSPS) is 12.4. The van der Waals surface area contributed by atoms with Crippen LogP contribution >= 0.6 is 0 Å². The molecule has 1 nitrogen and oxygen atoms in total. The molecule has 21 heavy (non-hydrogen) atoms. The molecule has 1 unspecified atom stereocenters. The van der Waals surface area contributed by atoms with Crippen LogP contribution in [0.1, 0.15) is 11.1 Å². The van der Waals surface area contributed by atoms with Crippen molar-refractivity contribution in [1.29, 1.82) is 0 Å². The molecular formula is C20H20O. The van der Waals surface area contributed by atoms with E-state index in [1.165, 1.54) is 21.9 Å². The van der Waals surface area contributed by atoms with E-state index in [0.717, 1.165) is 12.8 Å².